The third-order valence-corrected chi connectivity index (χ3v) is 6.26. The first-order chi connectivity index (χ1) is 13.2. The van der Waals surface area contributed by atoms with Gasteiger partial charge in [0.15, 0.2) is 0 Å². The molecule has 0 aliphatic rings. The van der Waals surface area contributed by atoms with Crippen LogP contribution in [0.5, 0.6) is 0 Å². The van der Waals surface area contributed by atoms with Crippen LogP contribution >= 0.6 is 22.7 Å². The van der Waals surface area contributed by atoms with Gasteiger partial charge in [-0.15, -0.1) is 22.7 Å². The highest BCUT2D eigenvalue weighted by atomic mass is 32.1. The molecule has 3 nitrogen and oxygen atoms in total. The molecule has 0 spiro atoms. The zero-order valence-corrected chi connectivity index (χ0v) is 16.3. The van der Waals surface area contributed by atoms with E-state index in [1.54, 1.807) is 22.7 Å². The molecule has 0 amide bonds. The first-order valence-corrected chi connectivity index (χ1v) is 10.6. The van der Waals surface area contributed by atoms with Crippen molar-refractivity contribution in [2.45, 2.75) is 19.3 Å². The van der Waals surface area contributed by atoms with E-state index < -0.39 is 5.97 Å². The highest BCUT2D eigenvalue weighted by Crippen LogP contribution is 2.36. The van der Waals surface area contributed by atoms with Crippen molar-refractivity contribution in [1.82, 2.24) is 4.57 Å². The monoisotopic (exact) mass is 393 g/mol. The second-order valence-corrected chi connectivity index (χ2v) is 8.20. The molecule has 0 saturated carbocycles. The van der Waals surface area contributed by atoms with E-state index in [1.165, 1.54) is 26.7 Å². The third kappa shape index (κ3) is 3.89. The average Bonchev–Trinajstić information content (AvgIpc) is 3.41. The van der Waals surface area contributed by atoms with Gasteiger partial charge in [0.1, 0.15) is 0 Å². The van der Waals surface area contributed by atoms with Crippen molar-refractivity contribution in [1.29, 1.82) is 0 Å². The van der Waals surface area contributed by atoms with Crippen LogP contribution in [-0.4, -0.2) is 15.6 Å². The smallest absolute Gasteiger partial charge is 0.303 e. The number of carbonyl (C=O) groups is 1. The second kappa shape index (κ2) is 7.94. The van der Waals surface area contributed by atoms with E-state index in [0.29, 0.717) is 6.42 Å². The van der Waals surface area contributed by atoms with Gasteiger partial charge in [0.2, 0.25) is 0 Å². The van der Waals surface area contributed by atoms with Crippen LogP contribution in [0.3, 0.4) is 0 Å². The summed E-state index contributed by atoms with van der Waals surface area (Å²) >= 11 is 3.48. The van der Waals surface area contributed by atoms with E-state index in [4.69, 9.17) is 5.11 Å². The largest absolute Gasteiger partial charge is 0.481 e. The number of thiophene rings is 2. The number of carboxylic acid groups (broad SMARTS) is 1. The number of hydrogen-bond donors (Lipinski definition) is 1. The van der Waals surface area contributed by atoms with Gasteiger partial charge in [-0.25, -0.2) is 0 Å². The Labute approximate surface area is 166 Å². The van der Waals surface area contributed by atoms with E-state index in [-0.39, 0.29) is 6.42 Å². The van der Waals surface area contributed by atoms with Gasteiger partial charge in [-0.05, 0) is 65.6 Å². The van der Waals surface area contributed by atoms with Crippen LogP contribution in [0.4, 0.5) is 0 Å². The molecule has 0 aliphatic heterocycles. The summed E-state index contributed by atoms with van der Waals surface area (Å²) in [7, 11) is 0. The second-order valence-electron chi connectivity index (χ2n) is 6.31. The fraction of sp³-hybridized carbons (Fsp3) is 0.136. The number of rotatable bonds is 7. The Bertz CT molecular complexity index is 961. The highest BCUT2D eigenvalue weighted by molar-refractivity contribution is 7.14. The minimum absolute atomic E-state index is 0.213. The number of aryl methyl sites for hydroxylation is 1. The molecule has 27 heavy (non-hydrogen) atoms. The van der Waals surface area contributed by atoms with Gasteiger partial charge in [-0.2, -0.15) is 0 Å². The molecule has 0 saturated heterocycles. The summed E-state index contributed by atoms with van der Waals surface area (Å²) in [4.78, 5) is 13.2. The van der Waals surface area contributed by atoms with Crippen LogP contribution in [0, 0.1) is 0 Å². The lowest BCUT2D eigenvalue weighted by molar-refractivity contribution is -0.137. The normalized spacial score (nSPS) is 11.0. The lowest BCUT2D eigenvalue weighted by Crippen LogP contribution is -1.99. The van der Waals surface area contributed by atoms with Gasteiger partial charge in [-0.1, -0.05) is 24.3 Å². The van der Waals surface area contributed by atoms with E-state index in [0.717, 1.165) is 12.1 Å². The maximum Gasteiger partial charge on any atom is 0.303 e. The number of aromatic nitrogens is 1. The van der Waals surface area contributed by atoms with E-state index in [1.807, 2.05) is 0 Å². The van der Waals surface area contributed by atoms with Gasteiger partial charge in [0.25, 0.3) is 0 Å². The predicted molar refractivity (Wildman–Crippen MR) is 113 cm³/mol. The molecule has 0 unspecified atom stereocenters. The Balaban J connectivity index is 1.69. The van der Waals surface area contributed by atoms with Gasteiger partial charge < -0.3 is 9.67 Å². The Kier molecular flexibility index (Phi) is 5.23. The minimum Gasteiger partial charge on any atom is -0.481 e. The average molecular weight is 394 g/mol. The third-order valence-electron chi connectivity index (χ3n) is 4.48. The fourth-order valence-corrected chi connectivity index (χ4v) is 4.69. The lowest BCUT2D eigenvalue weighted by atomic mass is 10.1. The summed E-state index contributed by atoms with van der Waals surface area (Å²) in [5.74, 6) is -0.736. The fourth-order valence-electron chi connectivity index (χ4n) is 3.20. The Hall–Kier alpha value is -2.63. The van der Waals surface area contributed by atoms with Crippen molar-refractivity contribution in [2.24, 2.45) is 0 Å². The molecule has 4 aromatic rings. The van der Waals surface area contributed by atoms with Crippen LogP contribution in [0.15, 0.2) is 71.4 Å². The predicted octanol–water partition coefficient (Wildman–Crippen LogP) is 6.34. The summed E-state index contributed by atoms with van der Waals surface area (Å²) in [5, 5.41) is 13.0. The zero-order chi connectivity index (χ0) is 18.6. The summed E-state index contributed by atoms with van der Waals surface area (Å²) in [6.07, 6.45) is 1.66. The molecule has 1 aromatic carbocycles. The molecule has 0 radical (unpaired) electrons. The Morgan fingerprint density at radius 2 is 1.44 bits per heavy atom. The molecule has 4 rings (SSSR count). The molecule has 5 heteroatoms. The van der Waals surface area contributed by atoms with Gasteiger partial charge >= 0.3 is 5.97 Å². The van der Waals surface area contributed by atoms with E-state index >= 15 is 0 Å². The molecule has 1 N–H and O–H groups in total. The molecular weight excluding hydrogens is 374 g/mol. The molecular formula is C22H19NO2S2. The van der Waals surface area contributed by atoms with Crippen molar-refractivity contribution < 1.29 is 9.90 Å². The molecule has 0 fully saturated rings. The molecule has 3 aromatic heterocycles. The topological polar surface area (TPSA) is 42.2 Å². The first kappa shape index (κ1) is 17.8. The van der Waals surface area contributed by atoms with Crippen molar-refractivity contribution in [2.75, 3.05) is 0 Å². The maximum absolute atomic E-state index is 10.7. The number of carboxylic acids is 1. The Morgan fingerprint density at radius 1 is 0.852 bits per heavy atom. The summed E-state index contributed by atoms with van der Waals surface area (Å²) in [6, 6.07) is 21.3. The zero-order valence-electron chi connectivity index (χ0n) is 14.7. The molecule has 136 valence electrons. The van der Waals surface area contributed by atoms with Crippen molar-refractivity contribution >= 4 is 28.6 Å². The van der Waals surface area contributed by atoms with Crippen LogP contribution in [0.25, 0.3) is 26.8 Å². The first-order valence-electron chi connectivity index (χ1n) is 8.83. The standard InChI is InChI=1S/C22H19NO2S2/c24-22(25)7-1-4-16-8-10-17(11-9-16)23-18(20-5-2-14-26-20)12-13-19(23)21-6-3-15-27-21/h2-3,5-6,8-15H,1,4,7H2,(H,24,25). The summed E-state index contributed by atoms with van der Waals surface area (Å²) in [5.41, 5.74) is 4.66. The minimum atomic E-state index is -0.736. The van der Waals surface area contributed by atoms with Crippen molar-refractivity contribution in [3.63, 3.8) is 0 Å². The number of nitrogens with zero attached hydrogens (tertiary/aromatic N) is 1. The molecule has 0 bridgehead atoms. The van der Waals surface area contributed by atoms with Gasteiger partial charge in [-0.3, -0.25) is 4.79 Å². The van der Waals surface area contributed by atoms with Crippen LogP contribution < -0.4 is 0 Å². The highest BCUT2D eigenvalue weighted by Gasteiger charge is 2.14. The Morgan fingerprint density at radius 3 is 1.93 bits per heavy atom. The molecule has 3 heterocycles. The van der Waals surface area contributed by atoms with Gasteiger partial charge in [0, 0.05) is 12.1 Å². The summed E-state index contributed by atoms with van der Waals surface area (Å²) in [6.45, 7) is 0. The maximum atomic E-state index is 10.7. The quantitative estimate of drug-likeness (QED) is 0.398. The van der Waals surface area contributed by atoms with Crippen LogP contribution in [-0.2, 0) is 11.2 Å². The van der Waals surface area contributed by atoms with Crippen molar-refractivity contribution in [3.05, 3.63) is 77.0 Å². The number of aliphatic carboxylic acids is 1. The lowest BCUT2D eigenvalue weighted by Gasteiger charge is -2.13. The van der Waals surface area contributed by atoms with Crippen molar-refractivity contribution in [3.8, 4) is 26.8 Å². The van der Waals surface area contributed by atoms with Gasteiger partial charge in [0.05, 0.1) is 21.1 Å². The van der Waals surface area contributed by atoms with Crippen LogP contribution in [0.1, 0.15) is 18.4 Å². The SMILES string of the molecule is O=C(O)CCCc1ccc(-n2c(-c3cccs3)ccc2-c2cccs2)cc1. The van der Waals surface area contributed by atoms with Crippen LogP contribution in [0.2, 0.25) is 0 Å². The molecule has 0 atom stereocenters. The number of benzene rings is 1. The molecule has 0 aliphatic carbocycles. The number of hydrogen-bond acceptors (Lipinski definition) is 3. The summed E-state index contributed by atoms with van der Waals surface area (Å²) < 4.78 is 2.30. The van der Waals surface area contributed by atoms with E-state index in [2.05, 4.69) is 76.0 Å². The van der Waals surface area contributed by atoms with E-state index in [9.17, 15) is 4.79 Å².